The van der Waals surface area contributed by atoms with E-state index in [1.165, 1.54) is 4.31 Å². The van der Waals surface area contributed by atoms with Crippen LogP contribution in [-0.4, -0.2) is 37.5 Å². The van der Waals surface area contributed by atoms with Gasteiger partial charge in [-0.05, 0) is 61.6 Å². The molecule has 3 aromatic carbocycles. The van der Waals surface area contributed by atoms with E-state index >= 15 is 0 Å². The Hall–Kier alpha value is -2.87. The molecule has 1 unspecified atom stereocenters. The Morgan fingerprint density at radius 3 is 2.49 bits per heavy atom. The van der Waals surface area contributed by atoms with Crippen molar-refractivity contribution in [2.45, 2.75) is 25.7 Å². The molecule has 1 heterocycles. The maximum absolute atomic E-state index is 13.1. The van der Waals surface area contributed by atoms with Crippen LogP contribution in [0.1, 0.15) is 24.8 Å². The molecular weight excluding hydrogens is 484 g/mol. The molecule has 0 radical (unpaired) electrons. The van der Waals surface area contributed by atoms with Crippen molar-refractivity contribution in [1.29, 1.82) is 0 Å². The van der Waals surface area contributed by atoms with Crippen molar-refractivity contribution in [3.63, 3.8) is 0 Å². The largest absolute Gasteiger partial charge is 0.455 e. The molecule has 1 N–H and O–H groups in total. The number of ether oxygens (including phenoxy) is 1. The molecule has 0 aliphatic carbocycles. The van der Waals surface area contributed by atoms with Gasteiger partial charge >= 0.3 is 0 Å². The van der Waals surface area contributed by atoms with E-state index in [4.69, 9.17) is 16.3 Å². The van der Waals surface area contributed by atoms with E-state index < -0.39 is 15.9 Å². The lowest BCUT2D eigenvalue weighted by Crippen LogP contribution is -2.44. The Bertz CT molecular complexity index is 1240. The monoisotopic (exact) mass is 512 g/mol. The molecule has 184 valence electrons. The lowest BCUT2D eigenvalue weighted by atomic mass is 9.98. The predicted octanol–water partition coefficient (Wildman–Crippen LogP) is 5.75. The Labute approximate surface area is 211 Å². The van der Waals surface area contributed by atoms with E-state index in [2.05, 4.69) is 5.32 Å². The summed E-state index contributed by atoms with van der Waals surface area (Å²) in [7, 11) is -3.44. The van der Waals surface area contributed by atoms with Crippen LogP contribution in [0, 0.1) is 5.92 Å². The highest BCUT2D eigenvalue weighted by Crippen LogP contribution is 2.33. The maximum atomic E-state index is 13.1. The molecule has 35 heavy (non-hydrogen) atoms. The zero-order chi connectivity index (χ0) is 24.7. The van der Waals surface area contributed by atoms with Crippen molar-refractivity contribution >= 4 is 33.2 Å². The number of benzene rings is 3. The average Bonchev–Trinajstić information content (AvgIpc) is 2.87. The van der Waals surface area contributed by atoms with E-state index in [-0.39, 0.29) is 18.2 Å². The standard InChI is InChI=1S/C27H29ClN2O4S/c28-23-15-16-26(34-24-13-5-2-6-14-24)25(19-23)29-27(31)22-12-7-17-30(20-22)35(32,33)18-8-11-21-9-3-1-4-10-21/h1-6,9-10,13-16,19,22H,7-8,11-12,17-18,20H2,(H,29,31). The van der Waals surface area contributed by atoms with Crippen LogP contribution in [0.4, 0.5) is 5.69 Å². The minimum Gasteiger partial charge on any atom is -0.455 e. The summed E-state index contributed by atoms with van der Waals surface area (Å²) in [5, 5.41) is 3.37. The summed E-state index contributed by atoms with van der Waals surface area (Å²) in [5.74, 6) is 0.482. The molecule has 1 saturated heterocycles. The Kier molecular flexibility index (Phi) is 8.44. The van der Waals surface area contributed by atoms with Gasteiger partial charge in [-0.15, -0.1) is 0 Å². The van der Waals surface area contributed by atoms with Crippen molar-refractivity contribution in [2.75, 3.05) is 24.2 Å². The Balaban J connectivity index is 1.38. The number of para-hydroxylation sites is 1. The second-order valence-electron chi connectivity index (χ2n) is 8.65. The second-order valence-corrected chi connectivity index (χ2v) is 11.2. The van der Waals surface area contributed by atoms with Gasteiger partial charge in [0.1, 0.15) is 5.75 Å². The number of anilines is 1. The molecule has 6 nitrogen and oxygen atoms in total. The molecule has 3 aromatic rings. The lowest BCUT2D eigenvalue weighted by molar-refractivity contribution is -0.120. The molecule has 1 atom stereocenters. The number of carbonyl (C=O) groups is 1. The highest BCUT2D eigenvalue weighted by molar-refractivity contribution is 7.89. The zero-order valence-corrected chi connectivity index (χ0v) is 21.0. The number of halogens is 1. The highest BCUT2D eigenvalue weighted by Gasteiger charge is 2.32. The van der Waals surface area contributed by atoms with Crippen molar-refractivity contribution in [3.05, 3.63) is 89.4 Å². The molecule has 0 spiro atoms. The number of nitrogens with zero attached hydrogens (tertiary/aromatic N) is 1. The summed E-state index contributed by atoms with van der Waals surface area (Å²) in [6, 6.07) is 24.1. The first kappa shape index (κ1) is 25.2. The number of carbonyl (C=O) groups excluding carboxylic acids is 1. The van der Waals surface area contributed by atoms with Crippen LogP contribution in [0.2, 0.25) is 5.02 Å². The summed E-state index contributed by atoms with van der Waals surface area (Å²) in [4.78, 5) is 13.1. The number of aryl methyl sites for hydroxylation is 1. The van der Waals surface area contributed by atoms with Gasteiger partial charge in [0.2, 0.25) is 15.9 Å². The summed E-state index contributed by atoms with van der Waals surface area (Å²) < 4.78 is 33.3. The van der Waals surface area contributed by atoms with Gasteiger partial charge in [0.15, 0.2) is 5.75 Å². The fourth-order valence-corrected chi connectivity index (χ4v) is 5.93. The first-order chi connectivity index (χ1) is 16.9. The van der Waals surface area contributed by atoms with E-state index in [0.717, 1.165) is 5.56 Å². The number of amides is 1. The van der Waals surface area contributed by atoms with Crippen molar-refractivity contribution in [1.82, 2.24) is 4.31 Å². The third-order valence-electron chi connectivity index (χ3n) is 6.03. The topological polar surface area (TPSA) is 75.7 Å². The van der Waals surface area contributed by atoms with E-state index in [1.807, 2.05) is 60.7 Å². The number of piperidine rings is 1. The van der Waals surface area contributed by atoms with E-state index in [1.54, 1.807) is 18.2 Å². The van der Waals surface area contributed by atoms with E-state index in [0.29, 0.717) is 54.4 Å². The molecule has 0 saturated carbocycles. The van der Waals surface area contributed by atoms with Gasteiger partial charge in [0.25, 0.3) is 0 Å². The van der Waals surface area contributed by atoms with Crippen LogP contribution in [0.25, 0.3) is 0 Å². The first-order valence-electron chi connectivity index (χ1n) is 11.8. The molecule has 0 aromatic heterocycles. The van der Waals surface area contributed by atoms with Gasteiger partial charge in [-0.1, -0.05) is 60.1 Å². The number of hydrogen-bond donors (Lipinski definition) is 1. The second kappa shape index (κ2) is 11.7. The maximum Gasteiger partial charge on any atom is 0.228 e. The molecule has 1 aliphatic heterocycles. The predicted molar refractivity (Wildman–Crippen MR) is 139 cm³/mol. The fourth-order valence-electron chi connectivity index (χ4n) is 4.18. The summed E-state index contributed by atoms with van der Waals surface area (Å²) in [6.45, 7) is 0.617. The third kappa shape index (κ3) is 7.07. The minimum absolute atomic E-state index is 0.0690. The zero-order valence-electron chi connectivity index (χ0n) is 19.4. The van der Waals surface area contributed by atoms with Gasteiger partial charge in [0.05, 0.1) is 17.4 Å². The first-order valence-corrected chi connectivity index (χ1v) is 13.7. The fraction of sp³-hybridized carbons (Fsp3) is 0.296. The average molecular weight is 513 g/mol. The number of sulfonamides is 1. The van der Waals surface area contributed by atoms with Gasteiger partial charge in [-0.3, -0.25) is 4.79 Å². The smallest absolute Gasteiger partial charge is 0.228 e. The van der Waals surface area contributed by atoms with Crippen LogP contribution in [0.15, 0.2) is 78.9 Å². The van der Waals surface area contributed by atoms with Crippen LogP contribution in [-0.2, 0) is 21.2 Å². The summed E-state index contributed by atoms with van der Waals surface area (Å²) in [6.07, 6.45) is 2.51. The lowest BCUT2D eigenvalue weighted by Gasteiger charge is -2.31. The minimum atomic E-state index is -3.44. The van der Waals surface area contributed by atoms with Crippen LogP contribution < -0.4 is 10.1 Å². The summed E-state index contributed by atoms with van der Waals surface area (Å²) in [5.41, 5.74) is 1.57. The Morgan fingerprint density at radius 1 is 1.03 bits per heavy atom. The molecule has 1 aliphatic rings. The van der Waals surface area contributed by atoms with Crippen molar-refractivity contribution in [2.24, 2.45) is 5.92 Å². The number of rotatable bonds is 9. The van der Waals surface area contributed by atoms with Crippen LogP contribution in [0.3, 0.4) is 0 Å². The quantitative estimate of drug-likeness (QED) is 0.396. The normalized spacial score (nSPS) is 16.5. The number of nitrogens with one attached hydrogen (secondary N) is 1. The number of hydrogen-bond acceptors (Lipinski definition) is 4. The molecule has 1 fully saturated rings. The van der Waals surface area contributed by atoms with Crippen molar-refractivity contribution in [3.8, 4) is 11.5 Å². The summed E-state index contributed by atoms with van der Waals surface area (Å²) >= 11 is 6.17. The van der Waals surface area contributed by atoms with Gasteiger partial charge < -0.3 is 10.1 Å². The third-order valence-corrected chi connectivity index (χ3v) is 8.19. The molecule has 4 rings (SSSR count). The van der Waals surface area contributed by atoms with Crippen molar-refractivity contribution < 1.29 is 17.9 Å². The van der Waals surface area contributed by atoms with Gasteiger partial charge in [-0.25, -0.2) is 12.7 Å². The van der Waals surface area contributed by atoms with Gasteiger partial charge in [-0.2, -0.15) is 0 Å². The SMILES string of the molecule is O=C(Nc1cc(Cl)ccc1Oc1ccccc1)C1CCCN(S(=O)(=O)CCCc2ccccc2)C1. The van der Waals surface area contributed by atoms with E-state index in [9.17, 15) is 13.2 Å². The molecule has 0 bridgehead atoms. The van der Waals surface area contributed by atoms with Crippen LogP contribution in [0.5, 0.6) is 11.5 Å². The highest BCUT2D eigenvalue weighted by atomic mass is 35.5. The van der Waals surface area contributed by atoms with Gasteiger partial charge in [0, 0.05) is 18.1 Å². The van der Waals surface area contributed by atoms with Crippen LogP contribution >= 0.6 is 11.6 Å². The Morgan fingerprint density at radius 2 is 1.74 bits per heavy atom. The molecular formula is C27H29ClN2O4S. The molecule has 1 amide bonds. The molecule has 8 heteroatoms.